The number of benzene rings is 1. The average molecular weight is 720 g/mol. The average Bonchev–Trinajstić information content (AvgIpc) is 3.11. The fourth-order valence-corrected chi connectivity index (χ4v) is 6.64. The van der Waals surface area contributed by atoms with Crippen molar-refractivity contribution in [2.75, 3.05) is 51.2 Å². The van der Waals surface area contributed by atoms with Gasteiger partial charge in [-0.15, -0.1) is 0 Å². The topological polar surface area (TPSA) is 113 Å². The lowest BCUT2D eigenvalue weighted by molar-refractivity contribution is 0.0294. The SMILES string of the molecule is CCN(C(=O)c1cc(F)ccc1Oc1cncnc1N1CCC(Oc2ccnc3c2CN(CCCCN(C)C(=O)OC(C)(C)C)CC3)CC1)C(C)C. The van der Waals surface area contributed by atoms with Crippen LogP contribution >= 0.6 is 0 Å². The summed E-state index contributed by atoms with van der Waals surface area (Å²) in [5.41, 5.74) is 1.89. The Hall–Kier alpha value is -4.52. The molecule has 2 amide bonds. The molecule has 1 fully saturated rings. The molecule has 13 heteroatoms. The van der Waals surface area contributed by atoms with Crippen molar-refractivity contribution in [2.45, 2.75) is 97.9 Å². The summed E-state index contributed by atoms with van der Waals surface area (Å²) in [6, 6.07) is 5.91. The van der Waals surface area contributed by atoms with E-state index in [2.05, 4.69) is 24.8 Å². The minimum absolute atomic E-state index is 0.0186. The Balaban J connectivity index is 1.17. The second-order valence-corrected chi connectivity index (χ2v) is 14.8. The molecule has 0 atom stereocenters. The molecule has 2 aliphatic rings. The lowest BCUT2D eigenvalue weighted by atomic mass is 10.0. The number of carbonyl (C=O) groups is 2. The highest BCUT2D eigenvalue weighted by Gasteiger charge is 2.28. The number of hydrogen-bond donors (Lipinski definition) is 0. The van der Waals surface area contributed by atoms with Gasteiger partial charge < -0.3 is 28.9 Å². The molecule has 2 aromatic heterocycles. The van der Waals surface area contributed by atoms with Crippen LogP contribution < -0.4 is 14.4 Å². The first-order valence-corrected chi connectivity index (χ1v) is 18.5. The molecule has 1 saturated heterocycles. The second kappa shape index (κ2) is 17.3. The minimum Gasteiger partial charge on any atom is -0.490 e. The van der Waals surface area contributed by atoms with Crippen LogP contribution in [0.1, 0.15) is 88.8 Å². The fraction of sp³-hybridized carbons (Fsp3) is 0.564. The Morgan fingerprint density at radius 2 is 1.81 bits per heavy atom. The van der Waals surface area contributed by atoms with Crippen molar-refractivity contribution in [3.8, 4) is 17.2 Å². The van der Waals surface area contributed by atoms with Crippen molar-refractivity contribution >= 4 is 17.8 Å². The normalized spacial score (nSPS) is 15.3. The lowest BCUT2D eigenvalue weighted by Gasteiger charge is -2.35. The molecule has 0 bridgehead atoms. The summed E-state index contributed by atoms with van der Waals surface area (Å²) in [7, 11) is 1.78. The highest BCUT2D eigenvalue weighted by molar-refractivity contribution is 5.97. The van der Waals surface area contributed by atoms with Crippen molar-refractivity contribution in [3.63, 3.8) is 0 Å². The van der Waals surface area contributed by atoms with Crippen molar-refractivity contribution in [2.24, 2.45) is 0 Å². The number of anilines is 1. The molecule has 52 heavy (non-hydrogen) atoms. The van der Waals surface area contributed by atoms with E-state index in [0.717, 1.165) is 68.7 Å². The van der Waals surface area contributed by atoms with Gasteiger partial charge in [-0.1, -0.05) is 0 Å². The van der Waals surface area contributed by atoms with E-state index in [1.807, 2.05) is 53.8 Å². The maximum atomic E-state index is 14.3. The lowest BCUT2D eigenvalue weighted by Crippen LogP contribution is -2.39. The number of amides is 2. The molecule has 0 N–H and O–H groups in total. The Morgan fingerprint density at radius 1 is 1.04 bits per heavy atom. The van der Waals surface area contributed by atoms with Crippen molar-refractivity contribution in [1.82, 2.24) is 29.7 Å². The summed E-state index contributed by atoms with van der Waals surface area (Å²) in [5, 5.41) is 0. The first kappa shape index (κ1) is 38.7. The van der Waals surface area contributed by atoms with Gasteiger partial charge in [0.15, 0.2) is 11.6 Å². The second-order valence-electron chi connectivity index (χ2n) is 14.8. The van der Waals surface area contributed by atoms with Gasteiger partial charge in [-0.25, -0.2) is 19.2 Å². The van der Waals surface area contributed by atoms with E-state index < -0.39 is 11.4 Å². The molecule has 5 rings (SSSR count). The van der Waals surface area contributed by atoms with Crippen LogP contribution in [0.15, 0.2) is 43.0 Å². The Labute approximate surface area is 307 Å². The fourth-order valence-electron chi connectivity index (χ4n) is 6.64. The molecule has 0 spiro atoms. The smallest absolute Gasteiger partial charge is 0.410 e. The van der Waals surface area contributed by atoms with Crippen molar-refractivity contribution < 1.29 is 28.2 Å². The third kappa shape index (κ3) is 10.1. The van der Waals surface area contributed by atoms with Crippen LogP contribution in [0.5, 0.6) is 17.2 Å². The van der Waals surface area contributed by atoms with E-state index in [1.54, 1.807) is 23.0 Å². The molecule has 2 aliphatic heterocycles. The van der Waals surface area contributed by atoms with Crippen LogP contribution in [0.4, 0.5) is 15.0 Å². The van der Waals surface area contributed by atoms with Gasteiger partial charge in [0.25, 0.3) is 5.91 Å². The molecule has 282 valence electrons. The van der Waals surface area contributed by atoms with Crippen LogP contribution in [-0.4, -0.2) is 106 Å². The van der Waals surface area contributed by atoms with Crippen LogP contribution in [0.2, 0.25) is 0 Å². The van der Waals surface area contributed by atoms with Gasteiger partial charge in [0.2, 0.25) is 0 Å². The van der Waals surface area contributed by atoms with Gasteiger partial charge in [0.05, 0.1) is 11.8 Å². The number of piperidine rings is 1. The maximum absolute atomic E-state index is 14.3. The number of fused-ring (bicyclic) bond motifs is 1. The molecule has 3 aromatic rings. The van der Waals surface area contributed by atoms with E-state index in [4.69, 9.17) is 14.2 Å². The largest absolute Gasteiger partial charge is 0.490 e. The number of hydrogen-bond acceptors (Lipinski definition) is 10. The standard InChI is InChI=1S/C39H54FN7O5/c1-8-47(27(2)3)37(48)30-23-28(40)11-12-33(30)51-35-24-41-26-43-36(35)46-21-14-29(15-22-46)50-34-13-17-42-32-16-20-45(25-31(32)34)19-10-9-18-44(7)38(49)52-39(4,5)6/h11-13,17,23-24,26-27,29H,8-10,14-16,18-22,25H2,1-7H3. The van der Waals surface area contributed by atoms with Crippen LogP contribution in [0.25, 0.3) is 0 Å². The number of nitrogens with zero attached hydrogens (tertiary/aromatic N) is 7. The van der Waals surface area contributed by atoms with Gasteiger partial charge in [-0.3, -0.25) is 14.7 Å². The first-order chi connectivity index (χ1) is 24.8. The summed E-state index contributed by atoms with van der Waals surface area (Å²) in [4.78, 5) is 47.0. The molecular formula is C39H54FN7O5. The van der Waals surface area contributed by atoms with Gasteiger partial charge in [-0.05, 0) is 85.2 Å². The zero-order valence-corrected chi connectivity index (χ0v) is 31.7. The van der Waals surface area contributed by atoms with E-state index in [0.29, 0.717) is 37.7 Å². The van der Waals surface area contributed by atoms with Gasteiger partial charge in [0, 0.05) is 89.1 Å². The van der Waals surface area contributed by atoms with Crippen molar-refractivity contribution in [1.29, 1.82) is 0 Å². The third-order valence-electron chi connectivity index (χ3n) is 9.38. The van der Waals surface area contributed by atoms with E-state index in [-0.39, 0.29) is 35.5 Å². The predicted molar refractivity (Wildman–Crippen MR) is 198 cm³/mol. The predicted octanol–water partition coefficient (Wildman–Crippen LogP) is 6.73. The Bertz CT molecular complexity index is 1670. The zero-order chi connectivity index (χ0) is 37.4. The van der Waals surface area contributed by atoms with Crippen LogP contribution in [0.3, 0.4) is 0 Å². The molecule has 0 saturated carbocycles. The number of pyridine rings is 1. The number of rotatable bonds is 13. The number of unbranched alkanes of at least 4 members (excludes halogenated alkanes) is 1. The number of aromatic nitrogens is 3. The summed E-state index contributed by atoms with van der Waals surface area (Å²) in [5.74, 6) is 1.35. The summed E-state index contributed by atoms with van der Waals surface area (Å²) in [6.45, 7) is 16.5. The van der Waals surface area contributed by atoms with Gasteiger partial charge in [-0.2, -0.15) is 0 Å². The monoisotopic (exact) mass is 719 g/mol. The molecule has 12 nitrogen and oxygen atoms in total. The number of ether oxygens (including phenoxy) is 3. The molecule has 4 heterocycles. The van der Waals surface area contributed by atoms with E-state index in [9.17, 15) is 14.0 Å². The third-order valence-corrected chi connectivity index (χ3v) is 9.38. The Morgan fingerprint density at radius 3 is 2.52 bits per heavy atom. The quantitative estimate of drug-likeness (QED) is 0.176. The van der Waals surface area contributed by atoms with Crippen molar-refractivity contribution in [3.05, 3.63) is 65.6 Å². The number of carbonyl (C=O) groups excluding carboxylic acids is 2. The highest BCUT2D eigenvalue weighted by atomic mass is 19.1. The number of halogens is 1. The van der Waals surface area contributed by atoms with E-state index in [1.165, 1.54) is 24.5 Å². The summed E-state index contributed by atoms with van der Waals surface area (Å²) >= 11 is 0. The van der Waals surface area contributed by atoms with E-state index >= 15 is 0 Å². The summed E-state index contributed by atoms with van der Waals surface area (Å²) < 4.78 is 32.7. The molecule has 0 aliphatic carbocycles. The molecular weight excluding hydrogens is 665 g/mol. The first-order valence-electron chi connectivity index (χ1n) is 18.5. The Kier molecular flexibility index (Phi) is 12.9. The van der Waals surface area contributed by atoms with Crippen LogP contribution in [0, 0.1) is 5.82 Å². The zero-order valence-electron chi connectivity index (χ0n) is 31.7. The molecule has 0 unspecified atom stereocenters. The maximum Gasteiger partial charge on any atom is 0.410 e. The highest BCUT2D eigenvalue weighted by Crippen LogP contribution is 2.35. The molecule has 0 radical (unpaired) electrons. The van der Waals surface area contributed by atoms with Crippen LogP contribution in [-0.2, 0) is 17.7 Å². The molecule has 1 aromatic carbocycles. The minimum atomic E-state index is -0.509. The van der Waals surface area contributed by atoms with Gasteiger partial charge in [0.1, 0.15) is 35.3 Å². The van der Waals surface area contributed by atoms with Gasteiger partial charge >= 0.3 is 6.09 Å². The summed E-state index contributed by atoms with van der Waals surface area (Å²) in [6.07, 6.45) is 8.91.